The number of aromatic nitrogens is 2. The normalized spacial score (nSPS) is 13.8. The predicted octanol–water partition coefficient (Wildman–Crippen LogP) is 2.98. The zero-order valence-corrected chi connectivity index (χ0v) is 16.9. The van der Waals surface area contributed by atoms with E-state index in [4.69, 9.17) is 4.74 Å². The van der Waals surface area contributed by atoms with Crippen LogP contribution in [0.15, 0.2) is 18.2 Å². The number of carbonyl (C=O) groups excluding carboxylic acids is 2. The SMILES string of the molecule is Cc1cc(O)ccc1NC(=O)c1c2c(nn1C)CCN(C(=O)OC(C)(C)C)C2. The lowest BCUT2D eigenvalue weighted by Gasteiger charge is -2.29. The molecule has 0 fully saturated rings. The third kappa shape index (κ3) is 4.11. The van der Waals surface area contributed by atoms with E-state index in [2.05, 4.69) is 10.4 Å². The Morgan fingerprint density at radius 1 is 1.29 bits per heavy atom. The highest BCUT2D eigenvalue weighted by molar-refractivity contribution is 6.04. The summed E-state index contributed by atoms with van der Waals surface area (Å²) in [5.74, 6) is -0.169. The van der Waals surface area contributed by atoms with Crippen molar-refractivity contribution in [1.82, 2.24) is 14.7 Å². The molecule has 0 unspecified atom stereocenters. The minimum atomic E-state index is -0.580. The maximum atomic E-state index is 12.9. The molecule has 150 valence electrons. The summed E-state index contributed by atoms with van der Waals surface area (Å²) < 4.78 is 7.01. The molecule has 0 aliphatic carbocycles. The van der Waals surface area contributed by atoms with Crippen LogP contribution >= 0.6 is 0 Å². The summed E-state index contributed by atoms with van der Waals surface area (Å²) in [5.41, 5.74) is 2.74. The molecule has 8 nitrogen and oxygen atoms in total. The molecule has 8 heteroatoms. The van der Waals surface area contributed by atoms with Crippen molar-refractivity contribution in [2.75, 3.05) is 11.9 Å². The highest BCUT2D eigenvalue weighted by Gasteiger charge is 2.31. The van der Waals surface area contributed by atoms with Crippen LogP contribution < -0.4 is 5.32 Å². The van der Waals surface area contributed by atoms with Crippen LogP contribution in [0.1, 0.15) is 48.1 Å². The van der Waals surface area contributed by atoms with Crippen molar-refractivity contribution >= 4 is 17.7 Å². The van der Waals surface area contributed by atoms with Crippen LogP contribution in [0.2, 0.25) is 0 Å². The molecule has 2 heterocycles. The van der Waals surface area contributed by atoms with Crippen molar-refractivity contribution in [2.24, 2.45) is 7.05 Å². The fourth-order valence-corrected chi connectivity index (χ4v) is 3.24. The van der Waals surface area contributed by atoms with Crippen molar-refractivity contribution < 1.29 is 19.4 Å². The van der Waals surface area contributed by atoms with Gasteiger partial charge in [0, 0.05) is 31.3 Å². The summed E-state index contributed by atoms with van der Waals surface area (Å²) >= 11 is 0. The molecule has 0 saturated heterocycles. The first-order valence-corrected chi connectivity index (χ1v) is 9.19. The van der Waals surface area contributed by atoms with Crippen LogP contribution in [-0.4, -0.2) is 43.9 Å². The molecule has 28 heavy (non-hydrogen) atoms. The van der Waals surface area contributed by atoms with E-state index in [-0.39, 0.29) is 18.2 Å². The first kappa shape index (κ1) is 19.7. The lowest BCUT2D eigenvalue weighted by atomic mass is 10.0. The smallest absolute Gasteiger partial charge is 0.410 e. The second-order valence-corrected chi connectivity index (χ2v) is 8.00. The Balaban J connectivity index is 1.83. The molecule has 2 aromatic rings. The molecule has 3 rings (SSSR count). The fraction of sp³-hybridized carbons (Fsp3) is 0.450. The topological polar surface area (TPSA) is 96.7 Å². The number of anilines is 1. The Morgan fingerprint density at radius 3 is 2.64 bits per heavy atom. The van der Waals surface area contributed by atoms with Crippen LogP contribution in [0.3, 0.4) is 0 Å². The van der Waals surface area contributed by atoms with Crippen molar-refractivity contribution in [2.45, 2.75) is 46.3 Å². The number of hydrogen-bond donors (Lipinski definition) is 2. The Morgan fingerprint density at radius 2 is 2.00 bits per heavy atom. The third-order valence-corrected chi connectivity index (χ3v) is 4.52. The molecule has 0 saturated carbocycles. The Bertz CT molecular complexity index is 927. The van der Waals surface area contributed by atoms with Crippen LogP contribution in [-0.2, 0) is 24.8 Å². The zero-order chi connectivity index (χ0) is 20.6. The average Bonchev–Trinajstić information content (AvgIpc) is 2.90. The van der Waals surface area contributed by atoms with Crippen LogP contribution in [0.5, 0.6) is 5.75 Å². The van der Waals surface area contributed by atoms with E-state index in [9.17, 15) is 14.7 Å². The molecule has 0 bridgehead atoms. The fourth-order valence-electron chi connectivity index (χ4n) is 3.24. The molecule has 1 aromatic heterocycles. The second-order valence-electron chi connectivity index (χ2n) is 8.00. The quantitative estimate of drug-likeness (QED) is 0.774. The van der Waals surface area contributed by atoms with E-state index < -0.39 is 11.7 Å². The Kier molecular flexibility index (Phi) is 5.06. The van der Waals surface area contributed by atoms with Gasteiger partial charge in [0.25, 0.3) is 5.91 Å². The molecule has 1 aliphatic heterocycles. The average molecular weight is 386 g/mol. The first-order chi connectivity index (χ1) is 13.0. The zero-order valence-electron chi connectivity index (χ0n) is 16.9. The second kappa shape index (κ2) is 7.18. The van der Waals surface area contributed by atoms with Gasteiger partial charge in [-0.15, -0.1) is 0 Å². The summed E-state index contributed by atoms with van der Waals surface area (Å²) in [7, 11) is 1.72. The van der Waals surface area contributed by atoms with E-state index in [1.807, 2.05) is 20.8 Å². The standard InChI is InChI=1S/C20H26N4O4/c1-12-10-13(25)6-7-15(12)21-18(26)17-14-11-24(19(27)28-20(2,3)4)9-8-16(14)22-23(17)5/h6-7,10,25H,8-9,11H2,1-5H3,(H,21,26). The number of amides is 2. The molecule has 1 aromatic carbocycles. The lowest BCUT2D eigenvalue weighted by Crippen LogP contribution is -2.40. The number of aryl methyl sites for hydroxylation is 2. The number of fused-ring (bicyclic) bond motifs is 1. The minimum Gasteiger partial charge on any atom is -0.508 e. The van der Waals surface area contributed by atoms with Crippen LogP contribution in [0.4, 0.5) is 10.5 Å². The molecule has 1 aliphatic rings. The van der Waals surface area contributed by atoms with Gasteiger partial charge in [-0.1, -0.05) is 0 Å². The summed E-state index contributed by atoms with van der Waals surface area (Å²) in [6, 6.07) is 4.75. The van der Waals surface area contributed by atoms with Gasteiger partial charge in [-0.2, -0.15) is 5.10 Å². The number of carbonyl (C=O) groups is 2. The van der Waals surface area contributed by atoms with E-state index in [0.29, 0.717) is 24.3 Å². The predicted molar refractivity (Wildman–Crippen MR) is 104 cm³/mol. The van der Waals surface area contributed by atoms with Gasteiger partial charge in [0.2, 0.25) is 0 Å². The van der Waals surface area contributed by atoms with Gasteiger partial charge >= 0.3 is 6.09 Å². The summed E-state index contributed by atoms with van der Waals surface area (Å²) in [6.45, 7) is 8.04. The van der Waals surface area contributed by atoms with Crippen molar-refractivity contribution in [3.63, 3.8) is 0 Å². The minimum absolute atomic E-state index is 0.140. The van der Waals surface area contributed by atoms with E-state index >= 15 is 0 Å². The molecular formula is C20H26N4O4. The number of benzene rings is 1. The van der Waals surface area contributed by atoms with Gasteiger partial charge in [0.05, 0.1) is 12.2 Å². The third-order valence-electron chi connectivity index (χ3n) is 4.52. The Labute approximate surface area is 164 Å². The number of phenols is 1. The number of nitrogens with one attached hydrogen (secondary N) is 1. The summed E-state index contributed by atoms with van der Waals surface area (Å²) in [4.78, 5) is 27.0. The van der Waals surface area contributed by atoms with Crippen LogP contribution in [0, 0.1) is 6.92 Å². The number of ether oxygens (including phenoxy) is 1. The van der Waals surface area contributed by atoms with Gasteiger partial charge in [0.1, 0.15) is 17.0 Å². The van der Waals surface area contributed by atoms with Gasteiger partial charge in [-0.25, -0.2) is 4.79 Å². The van der Waals surface area contributed by atoms with Crippen molar-refractivity contribution in [3.05, 3.63) is 40.7 Å². The number of aromatic hydroxyl groups is 1. The van der Waals surface area contributed by atoms with Gasteiger partial charge in [0.15, 0.2) is 0 Å². The molecule has 0 radical (unpaired) electrons. The highest BCUT2D eigenvalue weighted by Crippen LogP contribution is 2.26. The molecule has 0 spiro atoms. The maximum absolute atomic E-state index is 12.9. The summed E-state index contributed by atoms with van der Waals surface area (Å²) in [6.07, 6.45) is 0.163. The number of phenolic OH excluding ortho intramolecular Hbond substituents is 1. The Hall–Kier alpha value is -3.03. The van der Waals surface area contributed by atoms with Crippen LogP contribution in [0.25, 0.3) is 0 Å². The van der Waals surface area contributed by atoms with Crippen molar-refractivity contribution in [3.8, 4) is 5.75 Å². The van der Waals surface area contributed by atoms with E-state index in [1.165, 1.54) is 6.07 Å². The molecule has 0 atom stereocenters. The van der Waals surface area contributed by atoms with E-state index in [0.717, 1.165) is 16.8 Å². The maximum Gasteiger partial charge on any atom is 0.410 e. The number of rotatable bonds is 2. The highest BCUT2D eigenvalue weighted by atomic mass is 16.6. The first-order valence-electron chi connectivity index (χ1n) is 9.19. The van der Waals surface area contributed by atoms with Gasteiger partial charge in [-0.3, -0.25) is 9.48 Å². The molecule has 2 N–H and O–H groups in total. The summed E-state index contributed by atoms with van der Waals surface area (Å²) in [5, 5.41) is 16.9. The van der Waals surface area contributed by atoms with Gasteiger partial charge < -0.3 is 20.1 Å². The molecular weight excluding hydrogens is 360 g/mol. The lowest BCUT2D eigenvalue weighted by molar-refractivity contribution is 0.0222. The number of nitrogens with zero attached hydrogens (tertiary/aromatic N) is 3. The largest absolute Gasteiger partial charge is 0.508 e. The molecule has 2 amide bonds. The van der Waals surface area contributed by atoms with E-state index in [1.54, 1.807) is 35.7 Å². The van der Waals surface area contributed by atoms with Gasteiger partial charge in [-0.05, 0) is 51.5 Å². The number of hydrogen-bond acceptors (Lipinski definition) is 5. The monoisotopic (exact) mass is 386 g/mol. The van der Waals surface area contributed by atoms with Crippen molar-refractivity contribution in [1.29, 1.82) is 0 Å².